The van der Waals surface area contributed by atoms with Gasteiger partial charge in [0.1, 0.15) is 5.75 Å². The molecular weight excluding hydrogens is 494 g/mol. The van der Waals surface area contributed by atoms with Crippen LogP contribution in [0.25, 0.3) is 11.3 Å². The summed E-state index contributed by atoms with van der Waals surface area (Å²) in [5, 5.41) is 3.31. The number of amides is 1. The van der Waals surface area contributed by atoms with Gasteiger partial charge in [0.15, 0.2) is 5.13 Å². The van der Waals surface area contributed by atoms with E-state index < -0.39 is 10.0 Å². The molecule has 1 amide bonds. The van der Waals surface area contributed by atoms with E-state index >= 15 is 0 Å². The molecule has 7 nitrogen and oxygen atoms in total. The molecule has 5 rings (SSSR count). The third kappa shape index (κ3) is 4.59. The molecule has 0 bridgehead atoms. The molecule has 0 spiro atoms. The van der Waals surface area contributed by atoms with Gasteiger partial charge in [0.2, 0.25) is 0 Å². The third-order valence-electron chi connectivity index (χ3n) is 6.00. The summed E-state index contributed by atoms with van der Waals surface area (Å²) in [5.74, 6) is 0.444. The van der Waals surface area contributed by atoms with E-state index in [9.17, 15) is 13.2 Å². The van der Waals surface area contributed by atoms with E-state index in [4.69, 9.17) is 4.74 Å². The van der Waals surface area contributed by atoms with Crippen molar-refractivity contribution < 1.29 is 17.9 Å². The molecule has 0 fully saturated rings. The number of benzene rings is 3. The number of carbonyl (C=O) groups is 1. The van der Waals surface area contributed by atoms with Crippen molar-refractivity contribution in [2.24, 2.45) is 0 Å². The number of thiazole rings is 1. The number of sulfonamides is 1. The van der Waals surface area contributed by atoms with Gasteiger partial charge in [-0.05, 0) is 80.4 Å². The lowest BCUT2D eigenvalue weighted by atomic mass is 10.1. The van der Waals surface area contributed by atoms with E-state index in [1.165, 1.54) is 39.9 Å². The van der Waals surface area contributed by atoms with Gasteiger partial charge in [-0.2, -0.15) is 0 Å². The predicted molar refractivity (Wildman–Crippen MR) is 143 cm³/mol. The largest absolute Gasteiger partial charge is 0.494 e. The number of fused-ring (bicyclic) bond motifs is 1. The number of nitrogens with zero attached hydrogens (tertiary/aromatic N) is 2. The minimum atomic E-state index is -3.71. The molecule has 1 aromatic heterocycles. The van der Waals surface area contributed by atoms with Gasteiger partial charge in [-0.1, -0.05) is 18.2 Å². The minimum absolute atomic E-state index is 0.152. The average molecular weight is 520 g/mol. The number of hydrogen-bond acceptors (Lipinski definition) is 6. The molecule has 9 heteroatoms. The van der Waals surface area contributed by atoms with E-state index in [2.05, 4.69) is 10.3 Å². The summed E-state index contributed by atoms with van der Waals surface area (Å²) in [7, 11) is -3.71. The predicted octanol–water partition coefficient (Wildman–Crippen LogP) is 5.52. The van der Waals surface area contributed by atoms with Gasteiger partial charge in [-0.3, -0.25) is 14.4 Å². The van der Waals surface area contributed by atoms with Gasteiger partial charge in [0.25, 0.3) is 15.9 Å². The number of para-hydroxylation sites is 1. The normalized spacial score (nSPS) is 12.9. The molecule has 0 unspecified atom stereocenters. The van der Waals surface area contributed by atoms with E-state index in [-0.39, 0.29) is 10.8 Å². The highest BCUT2D eigenvalue weighted by molar-refractivity contribution is 7.92. The molecule has 1 N–H and O–H groups in total. The Bertz CT molecular complexity index is 1510. The highest BCUT2D eigenvalue weighted by atomic mass is 32.2. The lowest BCUT2D eigenvalue weighted by Gasteiger charge is -2.19. The summed E-state index contributed by atoms with van der Waals surface area (Å²) in [4.78, 5) is 18.6. The first-order chi connectivity index (χ1) is 17.4. The molecule has 1 aliphatic rings. The van der Waals surface area contributed by atoms with Crippen molar-refractivity contribution in [3.8, 4) is 17.0 Å². The van der Waals surface area contributed by atoms with Crippen LogP contribution < -0.4 is 14.4 Å². The molecular formula is C27H25N3O4S2. The van der Waals surface area contributed by atoms with Gasteiger partial charge in [0, 0.05) is 22.5 Å². The Morgan fingerprint density at radius 1 is 1.06 bits per heavy atom. The Hall–Kier alpha value is -3.69. The first kappa shape index (κ1) is 24.0. The number of anilines is 2. The first-order valence-electron chi connectivity index (χ1n) is 11.6. The fourth-order valence-corrected chi connectivity index (χ4v) is 6.56. The van der Waals surface area contributed by atoms with Crippen molar-refractivity contribution in [3.63, 3.8) is 0 Å². The van der Waals surface area contributed by atoms with Crippen molar-refractivity contribution in [1.82, 2.24) is 4.98 Å². The molecule has 0 saturated carbocycles. The molecule has 2 heterocycles. The highest BCUT2D eigenvalue weighted by Crippen LogP contribution is 2.33. The van der Waals surface area contributed by atoms with Crippen molar-refractivity contribution in [2.45, 2.75) is 25.2 Å². The van der Waals surface area contributed by atoms with E-state index in [0.717, 1.165) is 27.4 Å². The lowest BCUT2D eigenvalue weighted by molar-refractivity contribution is 0.102. The van der Waals surface area contributed by atoms with Crippen molar-refractivity contribution in [3.05, 3.63) is 88.8 Å². The lowest BCUT2D eigenvalue weighted by Crippen LogP contribution is -2.29. The maximum absolute atomic E-state index is 13.2. The summed E-state index contributed by atoms with van der Waals surface area (Å²) >= 11 is 1.39. The highest BCUT2D eigenvalue weighted by Gasteiger charge is 2.30. The minimum Gasteiger partial charge on any atom is -0.494 e. The monoisotopic (exact) mass is 519 g/mol. The summed E-state index contributed by atoms with van der Waals surface area (Å²) in [6.07, 6.45) is 0.682. The second-order valence-corrected chi connectivity index (χ2v) is 11.4. The van der Waals surface area contributed by atoms with E-state index in [1.54, 1.807) is 0 Å². The molecule has 0 radical (unpaired) electrons. The van der Waals surface area contributed by atoms with E-state index in [0.29, 0.717) is 36.0 Å². The summed E-state index contributed by atoms with van der Waals surface area (Å²) < 4.78 is 33.3. The van der Waals surface area contributed by atoms with Crippen LogP contribution in [-0.2, 0) is 16.4 Å². The Kier molecular flexibility index (Phi) is 6.51. The Morgan fingerprint density at radius 3 is 2.50 bits per heavy atom. The van der Waals surface area contributed by atoms with Crippen LogP contribution in [0.3, 0.4) is 0 Å². The summed E-state index contributed by atoms with van der Waals surface area (Å²) in [6.45, 7) is 4.90. The first-order valence-corrected chi connectivity index (χ1v) is 13.8. The second kappa shape index (κ2) is 9.75. The third-order valence-corrected chi connectivity index (χ3v) is 8.72. The zero-order valence-electron chi connectivity index (χ0n) is 19.9. The Morgan fingerprint density at radius 2 is 1.78 bits per heavy atom. The van der Waals surface area contributed by atoms with Gasteiger partial charge in [0.05, 0.1) is 22.9 Å². The van der Waals surface area contributed by atoms with Gasteiger partial charge >= 0.3 is 0 Å². The quantitative estimate of drug-likeness (QED) is 0.347. The molecule has 1 aliphatic heterocycles. The zero-order valence-corrected chi connectivity index (χ0v) is 21.5. The maximum atomic E-state index is 13.2. The van der Waals surface area contributed by atoms with E-state index in [1.807, 2.05) is 62.4 Å². The number of carbonyl (C=O) groups excluding carboxylic acids is 1. The number of aryl methyl sites for hydroxylation is 1. The number of hydrogen-bond donors (Lipinski definition) is 1. The SMILES string of the molecule is CCOc1ccc(-c2nc(NC(=O)c3ccc(S(=O)(=O)N4CCc5ccccc54)cc3)sc2C)cc1. The molecule has 0 atom stereocenters. The van der Waals surface area contributed by atoms with Crippen molar-refractivity contribution in [1.29, 1.82) is 0 Å². The van der Waals surface area contributed by atoms with Gasteiger partial charge in [-0.15, -0.1) is 11.3 Å². The van der Waals surface area contributed by atoms with Gasteiger partial charge < -0.3 is 4.74 Å². The molecule has 4 aromatic rings. The second-order valence-electron chi connectivity index (χ2n) is 8.32. The van der Waals surface area contributed by atoms with Crippen LogP contribution in [0.4, 0.5) is 10.8 Å². The van der Waals surface area contributed by atoms with Crippen LogP contribution in [0, 0.1) is 6.92 Å². The Labute approximate surface area is 214 Å². The van der Waals surface area contributed by atoms with Crippen LogP contribution in [-0.4, -0.2) is 32.5 Å². The molecule has 184 valence electrons. The topological polar surface area (TPSA) is 88.6 Å². The van der Waals surface area contributed by atoms with Crippen molar-refractivity contribution in [2.75, 3.05) is 22.8 Å². The summed E-state index contributed by atoms with van der Waals surface area (Å²) in [5.41, 5.74) is 3.81. The number of rotatable bonds is 7. The Balaban J connectivity index is 1.30. The van der Waals surface area contributed by atoms with Crippen LogP contribution >= 0.6 is 11.3 Å². The van der Waals surface area contributed by atoms with Crippen LogP contribution in [0.5, 0.6) is 5.75 Å². The molecule has 3 aromatic carbocycles. The molecule has 0 saturated heterocycles. The number of nitrogens with one attached hydrogen (secondary N) is 1. The molecule has 36 heavy (non-hydrogen) atoms. The zero-order chi connectivity index (χ0) is 25.3. The van der Waals surface area contributed by atoms with Crippen LogP contribution in [0.2, 0.25) is 0 Å². The number of ether oxygens (including phenoxy) is 1. The number of aromatic nitrogens is 1. The fraction of sp³-hybridized carbons (Fsp3) is 0.185. The maximum Gasteiger partial charge on any atom is 0.264 e. The smallest absolute Gasteiger partial charge is 0.264 e. The average Bonchev–Trinajstić information content (AvgIpc) is 3.48. The van der Waals surface area contributed by atoms with Crippen molar-refractivity contribution >= 4 is 38.1 Å². The standard InChI is InChI=1S/C27H25N3O4S2/c1-3-34-22-12-8-20(9-13-22)25-18(2)35-27(28-25)29-26(31)21-10-14-23(15-11-21)36(32,33)30-17-16-19-6-4-5-7-24(19)30/h4-15H,3,16-17H2,1-2H3,(H,28,29,31). The molecule has 0 aliphatic carbocycles. The summed E-state index contributed by atoms with van der Waals surface area (Å²) in [6, 6.07) is 21.2. The fourth-order valence-electron chi connectivity index (χ4n) is 4.23. The van der Waals surface area contributed by atoms with Crippen LogP contribution in [0.1, 0.15) is 27.7 Å². The van der Waals surface area contributed by atoms with Crippen LogP contribution in [0.15, 0.2) is 77.7 Å². The van der Waals surface area contributed by atoms with Gasteiger partial charge in [-0.25, -0.2) is 13.4 Å².